The molecule has 1 saturated carbocycles. The highest BCUT2D eigenvalue weighted by atomic mass is 16.4. The summed E-state index contributed by atoms with van der Waals surface area (Å²) in [5.74, 6) is -0.425. The lowest BCUT2D eigenvalue weighted by Crippen LogP contribution is -2.32. The molecule has 0 heterocycles. The van der Waals surface area contributed by atoms with Crippen LogP contribution >= 0.6 is 0 Å². The zero-order valence-electron chi connectivity index (χ0n) is 7.76. The number of benzene rings is 1. The Kier molecular flexibility index (Phi) is 2.25. The maximum absolute atomic E-state index is 10.6. The van der Waals surface area contributed by atoms with Gasteiger partial charge in [0.2, 0.25) is 0 Å². The van der Waals surface area contributed by atoms with Crippen LogP contribution in [0.5, 0.6) is 0 Å². The van der Waals surface area contributed by atoms with Gasteiger partial charge in [-0.2, -0.15) is 0 Å². The first-order valence-electron chi connectivity index (χ1n) is 4.73. The second-order valence-corrected chi connectivity index (χ2v) is 3.78. The van der Waals surface area contributed by atoms with Crippen molar-refractivity contribution in [1.29, 1.82) is 0 Å². The van der Waals surface area contributed by atoms with Gasteiger partial charge in [-0.1, -0.05) is 30.3 Å². The van der Waals surface area contributed by atoms with E-state index >= 15 is 0 Å². The number of rotatable bonds is 3. The summed E-state index contributed by atoms with van der Waals surface area (Å²) in [6.07, 6.45) is 0.900. The first kappa shape index (κ1) is 9.21. The highest BCUT2D eigenvalue weighted by Gasteiger charge is 2.45. The number of carbonyl (C=O) groups is 1. The Morgan fingerprint density at radius 2 is 2.07 bits per heavy atom. The molecule has 0 radical (unpaired) electrons. The van der Waals surface area contributed by atoms with Gasteiger partial charge in [0.15, 0.2) is 0 Å². The van der Waals surface area contributed by atoms with Gasteiger partial charge < -0.3 is 10.8 Å². The molecule has 3 N–H and O–H groups in total. The quantitative estimate of drug-likeness (QED) is 0.754. The molecule has 1 aliphatic rings. The number of hydrogen-bond acceptors (Lipinski definition) is 2. The van der Waals surface area contributed by atoms with Crippen LogP contribution in [0.1, 0.15) is 17.9 Å². The Bertz CT molecular complexity index is 336. The van der Waals surface area contributed by atoms with Crippen LogP contribution in [0.4, 0.5) is 0 Å². The standard InChI is InChI=1S/C11H13NO2/c12-10(11(13)14)9-6-8(9)7-4-2-1-3-5-7/h1-5,8-10H,6,12H2,(H,13,14)/t8-,9+,10-/m1/s1. The van der Waals surface area contributed by atoms with Crippen LogP contribution in [-0.4, -0.2) is 17.1 Å². The van der Waals surface area contributed by atoms with E-state index in [0.29, 0.717) is 5.92 Å². The fourth-order valence-electron chi connectivity index (χ4n) is 1.88. The third-order valence-electron chi connectivity index (χ3n) is 2.81. The largest absolute Gasteiger partial charge is 0.480 e. The summed E-state index contributed by atoms with van der Waals surface area (Å²) >= 11 is 0. The maximum atomic E-state index is 10.6. The molecule has 1 fully saturated rings. The topological polar surface area (TPSA) is 63.3 Å². The second kappa shape index (κ2) is 3.42. The van der Waals surface area contributed by atoms with E-state index in [0.717, 1.165) is 6.42 Å². The Hall–Kier alpha value is -1.35. The Balaban J connectivity index is 2.03. The molecule has 0 bridgehead atoms. The molecule has 2 rings (SSSR count). The second-order valence-electron chi connectivity index (χ2n) is 3.78. The van der Waals surface area contributed by atoms with Crippen LogP contribution < -0.4 is 5.73 Å². The summed E-state index contributed by atoms with van der Waals surface area (Å²) in [7, 11) is 0. The van der Waals surface area contributed by atoms with E-state index in [2.05, 4.69) is 0 Å². The average molecular weight is 191 g/mol. The SMILES string of the molecule is N[C@@H](C(=O)O)[C@H]1C[C@@H]1c1ccccc1. The number of carboxylic acids is 1. The molecule has 74 valence electrons. The van der Waals surface area contributed by atoms with Crippen molar-refractivity contribution in [2.75, 3.05) is 0 Å². The zero-order chi connectivity index (χ0) is 10.1. The molecule has 0 amide bonds. The highest BCUT2D eigenvalue weighted by molar-refractivity contribution is 5.74. The number of nitrogens with two attached hydrogens (primary N) is 1. The molecule has 0 spiro atoms. The number of carboxylic acid groups (broad SMARTS) is 1. The molecule has 0 unspecified atom stereocenters. The summed E-state index contributed by atoms with van der Waals surface area (Å²) in [5.41, 5.74) is 6.75. The minimum Gasteiger partial charge on any atom is -0.480 e. The number of hydrogen-bond donors (Lipinski definition) is 2. The van der Waals surface area contributed by atoms with Crippen LogP contribution in [0.15, 0.2) is 30.3 Å². The Labute approximate surface area is 82.5 Å². The molecule has 1 aliphatic carbocycles. The van der Waals surface area contributed by atoms with E-state index < -0.39 is 12.0 Å². The van der Waals surface area contributed by atoms with E-state index in [1.807, 2.05) is 30.3 Å². The van der Waals surface area contributed by atoms with Gasteiger partial charge in [0.25, 0.3) is 0 Å². The van der Waals surface area contributed by atoms with Crippen LogP contribution in [0, 0.1) is 5.92 Å². The minimum atomic E-state index is -0.895. The fourth-order valence-corrected chi connectivity index (χ4v) is 1.88. The zero-order valence-corrected chi connectivity index (χ0v) is 7.76. The van der Waals surface area contributed by atoms with Crippen LogP contribution in [0.2, 0.25) is 0 Å². The monoisotopic (exact) mass is 191 g/mol. The molecule has 3 atom stereocenters. The van der Waals surface area contributed by atoms with Gasteiger partial charge in [0.1, 0.15) is 6.04 Å². The van der Waals surface area contributed by atoms with Crippen molar-refractivity contribution >= 4 is 5.97 Å². The van der Waals surface area contributed by atoms with Crippen LogP contribution in [0.3, 0.4) is 0 Å². The third kappa shape index (κ3) is 1.63. The van der Waals surface area contributed by atoms with E-state index in [1.165, 1.54) is 5.56 Å². The molecule has 0 saturated heterocycles. The lowest BCUT2D eigenvalue weighted by molar-refractivity contribution is -0.139. The van der Waals surface area contributed by atoms with Crippen LogP contribution in [0.25, 0.3) is 0 Å². The lowest BCUT2D eigenvalue weighted by atomic mass is 10.1. The van der Waals surface area contributed by atoms with Crippen molar-refractivity contribution in [2.24, 2.45) is 11.7 Å². The molecule has 14 heavy (non-hydrogen) atoms. The normalized spacial score (nSPS) is 26.9. The molecule has 0 aliphatic heterocycles. The molecule has 1 aromatic carbocycles. The maximum Gasteiger partial charge on any atom is 0.320 e. The van der Waals surface area contributed by atoms with Crippen molar-refractivity contribution < 1.29 is 9.90 Å². The molecular formula is C11H13NO2. The van der Waals surface area contributed by atoms with E-state index in [9.17, 15) is 4.79 Å². The van der Waals surface area contributed by atoms with Crippen molar-refractivity contribution in [1.82, 2.24) is 0 Å². The summed E-state index contributed by atoms with van der Waals surface area (Å²) in [5, 5.41) is 8.73. The van der Waals surface area contributed by atoms with E-state index in [4.69, 9.17) is 10.8 Å². The Morgan fingerprint density at radius 1 is 1.43 bits per heavy atom. The Morgan fingerprint density at radius 3 is 2.64 bits per heavy atom. The average Bonchev–Trinajstić information content (AvgIpc) is 2.97. The number of aliphatic carboxylic acids is 1. The summed E-state index contributed by atoms with van der Waals surface area (Å²) < 4.78 is 0. The molecule has 1 aromatic rings. The van der Waals surface area contributed by atoms with Crippen molar-refractivity contribution in [3.63, 3.8) is 0 Å². The van der Waals surface area contributed by atoms with E-state index in [-0.39, 0.29) is 5.92 Å². The first-order chi connectivity index (χ1) is 6.70. The summed E-state index contributed by atoms with van der Waals surface area (Å²) in [4.78, 5) is 10.6. The summed E-state index contributed by atoms with van der Waals surface area (Å²) in [6, 6.07) is 9.24. The van der Waals surface area contributed by atoms with Gasteiger partial charge in [0.05, 0.1) is 0 Å². The predicted octanol–water partition coefficient (Wildman–Crippen LogP) is 1.20. The van der Waals surface area contributed by atoms with Gasteiger partial charge in [-0.05, 0) is 23.8 Å². The van der Waals surface area contributed by atoms with Gasteiger partial charge in [-0.15, -0.1) is 0 Å². The highest BCUT2D eigenvalue weighted by Crippen LogP contribution is 2.48. The predicted molar refractivity (Wildman–Crippen MR) is 52.9 cm³/mol. The fraction of sp³-hybridized carbons (Fsp3) is 0.364. The van der Waals surface area contributed by atoms with Gasteiger partial charge in [0, 0.05) is 0 Å². The molecule has 3 nitrogen and oxygen atoms in total. The van der Waals surface area contributed by atoms with Crippen molar-refractivity contribution in [2.45, 2.75) is 18.4 Å². The minimum absolute atomic E-state index is 0.120. The smallest absolute Gasteiger partial charge is 0.320 e. The molecule has 3 heteroatoms. The molecular weight excluding hydrogens is 178 g/mol. The van der Waals surface area contributed by atoms with Gasteiger partial charge >= 0.3 is 5.97 Å². The van der Waals surface area contributed by atoms with Crippen LogP contribution in [-0.2, 0) is 4.79 Å². The third-order valence-corrected chi connectivity index (χ3v) is 2.81. The van der Waals surface area contributed by atoms with Crippen molar-refractivity contribution in [3.05, 3.63) is 35.9 Å². The van der Waals surface area contributed by atoms with E-state index in [1.54, 1.807) is 0 Å². The first-order valence-corrected chi connectivity index (χ1v) is 4.73. The lowest BCUT2D eigenvalue weighted by Gasteiger charge is -2.04. The van der Waals surface area contributed by atoms with Gasteiger partial charge in [-0.25, -0.2) is 0 Å². The summed E-state index contributed by atoms with van der Waals surface area (Å²) in [6.45, 7) is 0. The van der Waals surface area contributed by atoms with Gasteiger partial charge in [-0.3, -0.25) is 4.79 Å². The molecule has 0 aromatic heterocycles. The van der Waals surface area contributed by atoms with Crippen molar-refractivity contribution in [3.8, 4) is 0 Å².